The Morgan fingerprint density at radius 1 is 1.64 bits per heavy atom. The van der Waals surface area contributed by atoms with E-state index in [0.717, 1.165) is 19.3 Å². The van der Waals surface area contributed by atoms with Crippen LogP contribution in [0.3, 0.4) is 0 Å². The molecule has 3 rings (SSSR count). The van der Waals surface area contributed by atoms with Gasteiger partial charge in [-0.2, -0.15) is 0 Å². The zero-order valence-electron chi connectivity index (χ0n) is 8.40. The fraction of sp³-hybridized carbons (Fsp3) is 0.909. The molecule has 1 saturated heterocycles. The minimum atomic E-state index is -0.500. The van der Waals surface area contributed by atoms with Gasteiger partial charge in [-0.1, -0.05) is 6.92 Å². The third-order valence-electron chi connectivity index (χ3n) is 4.65. The number of rotatable bonds is 1. The van der Waals surface area contributed by atoms with E-state index >= 15 is 0 Å². The maximum absolute atomic E-state index is 11.4. The third kappa shape index (κ3) is 0.842. The van der Waals surface area contributed by atoms with E-state index in [4.69, 9.17) is 4.74 Å². The Morgan fingerprint density at radius 2 is 2.43 bits per heavy atom. The van der Waals surface area contributed by atoms with Gasteiger partial charge in [0.05, 0.1) is 18.1 Å². The molecule has 14 heavy (non-hydrogen) atoms. The molecule has 0 spiro atoms. The highest BCUT2D eigenvalue weighted by molar-refractivity contribution is 5.76. The number of cyclic esters (lactones) is 1. The van der Waals surface area contributed by atoms with Gasteiger partial charge in [-0.3, -0.25) is 4.79 Å². The van der Waals surface area contributed by atoms with Crippen molar-refractivity contribution in [3.63, 3.8) is 0 Å². The van der Waals surface area contributed by atoms with Crippen molar-refractivity contribution >= 4 is 5.97 Å². The quantitative estimate of drug-likeness (QED) is 0.635. The average molecular weight is 196 g/mol. The average Bonchev–Trinajstić information content (AvgIpc) is 2.77. The molecule has 5 unspecified atom stereocenters. The number of aliphatic hydroxyl groups is 1. The summed E-state index contributed by atoms with van der Waals surface area (Å²) in [5.41, 5.74) is -0.500. The molecule has 2 bridgehead atoms. The topological polar surface area (TPSA) is 46.5 Å². The van der Waals surface area contributed by atoms with E-state index in [9.17, 15) is 9.90 Å². The molecule has 0 radical (unpaired) electrons. The molecule has 78 valence electrons. The van der Waals surface area contributed by atoms with Gasteiger partial charge in [-0.25, -0.2) is 0 Å². The van der Waals surface area contributed by atoms with E-state index in [2.05, 4.69) is 0 Å². The number of hydrogen-bond donors (Lipinski definition) is 1. The van der Waals surface area contributed by atoms with Crippen molar-refractivity contribution in [2.45, 2.75) is 31.8 Å². The van der Waals surface area contributed by atoms with Crippen molar-refractivity contribution < 1.29 is 14.6 Å². The minimum Gasteiger partial charge on any atom is -0.465 e. The lowest BCUT2D eigenvalue weighted by Gasteiger charge is -2.36. The monoisotopic (exact) mass is 196 g/mol. The number of carbonyl (C=O) groups is 1. The Labute approximate surface area is 83.4 Å². The van der Waals surface area contributed by atoms with Gasteiger partial charge < -0.3 is 9.84 Å². The van der Waals surface area contributed by atoms with Crippen LogP contribution < -0.4 is 0 Å². The summed E-state index contributed by atoms with van der Waals surface area (Å²) in [5.74, 6) is 1.12. The number of hydrogen-bond acceptors (Lipinski definition) is 3. The highest BCUT2D eigenvalue weighted by atomic mass is 16.5. The van der Waals surface area contributed by atoms with E-state index in [-0.39, 0.29) is 11.9 Å². The van der Waals surface area contributed by atoms with Crippen LogP contribution in [0.15, 0.2) is 0 Å². The van der Waals surface area contributed by atoms with Gasteiger partial charge >= 0.3 is 5.97 Å². The number of esters is 1. The van der Waals surface area contributed by atoms with Crippen molar-refractivity contribution in [2.24, 2.45) is 23.7 Å². The fourth-order valence-corrected chi connectivity index (χ4v) is 3.95. The van der Waals surface area contributed by atoms with Crippen molar-refractivity contribution in [2.75, 3.05) is 6.61 Å². The normalized spacial score (nSPS) is 54.9. The van der Waals surface area contributed by atoms with Crippen LogP contribution in [0.1, 0.15) is 26.2 Å². The molecule has 1 N–H and O–H groups in total. The molecule has 2 aliphatic carbocycles. The lowest BCUT2D eigenvalue weighted by atomic mass is 9.72. The summed E-state index contributed by atoms with van der Waals surface area (Å²) in [5, 5.41) is 10.4. The first-order valence-electron chi connectivity index (χ1n) is 5.55. The third-order valence-corrected chi connectivity index (χ3v) is 4.65. The Balaban J connectivity index is 1.92. The van der Waals surface area contributed by atoms with Crippen LogP contribution in [-0.2, 0) is 9.53 Å². The van der Waals surface area contributed by atoms with Gasteiger partial charge in [0.25, 0.3) is 0 Å². The second-order valence-electron chi connectivity index (χ2n) is 5.08. The standard InChI is InChI=1S/C11H16O3/c1-2-11(13)4-6-3-8(11)7-5-14-10(12)9(6)7/h6-9,13H,2-5H2,1H3. The SMILES string of the molecule is CCC1(O)CC2CC1C1COC(=O)C21. The van der Waals surface area contributed by atoms with E-state index in [1.165, 1.54) is 0 Å². The minimum absolute atomic E-state index is 0.0133. The maximum atomic E-state index is 11.4. The molecule has 3 nitrogen and oxygen atoms in total. The van der Waals surface area contributed by atoms with Crippen LogP contribution in [0.2, 0.25) is 0 Å². The first-order chi connectivity index (χ1) is 6.65. The van der Waals surface area contributed by atoms with Crippen molar-refractivity contribution in [1.82, 2.24) is 0 Å². The lowest BCUT2D eigenvalue weighted by molar-refractivity contribution is -0.142. The van der Waals surface area contributed by atoms with Gasteiger partial charge in [0, 0.05) is 5.92 Å². The molecular weight excluding hydrogens is 180 g/mol. The molecular formula is C11H16O3. The molecule has 5 atom stereocenters. The Morgan fingerprint density at radius 3 is 3.14 bits per heavy atom. The van der Waals surface area contributed by atoms with E-state index in [0.29, 0.717) is 24.4 Å². The van der Waals surface area contributed by atoms with Crippen molar-refractivity contribution in [3.8, 4) is 0 Å². The highest BCUT2D eigenvalue weighted by Gasteiger charge is 2.63. The van der Waals surface area contributed by atoms with Crippen LogP contribution in [0.5, 0.6) is 0 Å². The van der Waals surface area contributed by atoms with E-state index < -0.39 is 5.60 Å². The summed E-state index contributed by atoms with van der Waals surface area (Å²) in [6.45, 7) is 2.58. The molecule has 3 fully saturated rings. The van der Waals surface area contributed by atoms with Crippen LogP contribution in [0.25, 0.3) is 0 Å². The van der Waals surface area contributed by atoms with Gasteiger partial charge in [-0.05, 0) is 31.1 Å². The molecule has 0 aromatic carbocycles. The summed E-state index contributed by atoms with van der Waals surface area (Å²) in [6, 6.07) is 0. The summed E-state index contributed by atoms with van der Waals surface area (Å²) >= 11 is 0. The summed E-state index contributed by atoms with van der Waals surface area (Å²) in [4.78, 5) is 11.4. The first kappa shape index (κ1) is 8.72. The summed E-state index contributed by atoms with van der Waals surface area (Å²) < 4.78 is 5.09. The molecule has 0 aromatic heterocycles. The molecule has 0 aromatic rings. The van der Waals surface area contributed by atoms with Crippen LogP contribution in [-0.4, -0.2) is 23.3 Å². The van der Waals surface area contributed by atoms with Gasteiger partial charge in [-0.15, -0.1) is 0 Å². The van der Waals surface area contributed by atoms with Crippen LogP contribution >= 0.6 is 0 Å². The zero-order valence-corrected chi connectivity index (χ0v) is 8.40. The largest absolute Gasteiger partial charge is 0.465 e. The Hall–Kier alpha value is -0.570. The van der Waals surface area contributed by atoms with Gasteiger partial charge in [0.15, 0.2) is 0 Å². The summed E-state index contributed by atoms with van der Waals surface area (Å²) in [7, 11) is 0. The Kier molecular flexibility index (Phi) is 1.56. The highest BCUT2D eigenvalue weighted by Crippen LogP contribution is 2.60. The molecule has 1 heterocycles. The van der Waals surface area contributed by atoms with Crippen molar-refractivity contribution in [1.29, 1.82) is 0 Å². The predicted molar refractivity (Wildman–Crippen MR) is 49.4 cm³/mol. The molecule has 2 saturated carbocycles. The molecule has 3 heteroatoms. The van der Waals surface area contributed by atoms with Crippen molar-refractivity contribution in [3.05, 3.63) is 0 Å². The van der Waals surface area contributed by atoms with E-state index in [1.807, 2.05) is 6.92 Å². The zero-order chi connectivity index (χ0) is 9.92. The molecule has 1 aliphatic heterocycles. The number of carbonyl (C=O) groups excluding carboxylic acids is 1. The second kappa shape index (κ2) is 2.51. The number of ether oxygens (including phenoxy) is 1. The Bertz CT molecular complexity index is 288. The van der Waals surface area contributed by atoms with E-state index in [1.54, 1.807) is 0 Å². The molecule has 3 aliphatic rings. The lowest BCUT2D eigenvalue weighted by Crippen LogP contribution is -2.42. The first-order valence-corrected chi connectivity index (χ1v) is 5.55. The van der Waals surface area contributed by atoms with Crippen LogP contribution in [0, 0.1) is 23.7 Å². The maximum Gasteiger partial charge on any atom is 0.309 e. The summed E-state index contributed by atoms with van der Waals surface area (Å²) in [6.07, 6.45) is 2.66. The van der Waals surface area contributed by atoms with Gasteiger partial charge in [0.2, 0.25) is 0 Å². The van der Waals surface area contributed by atoms with Crippen LogP contribution in [0.4, 0.5) is 0 Å². The smallest absolute Gasteiger partial charge is 0.309 e. The van der Waals surface area contributed by atoms with Gasteiger partial charge in [0.1, 0.15) is 0 Å². The predicted octanol–water partition coefficient (Wildman–Crippen LogP) is 0.956. The number of fused-ring (bicyclic) bond motifs is 5. The second-order valence-corrected chi connectivity index (χ2v) is 5.08. The molecule has 0 amide bonds. The fourth-order valence-electron chi connectivity index (χ4n) is 3.95.